The molecule has 1 aliphatic rings. The molecule has 4 rings (SSSR count). The van der Waals surface area contributed by atoms with Crippen LogP contribution in [-0.4, -0.2) is 44.2 Å². The molecular formula is C27H29FN2O3. The van der Waals surface area contributed by atoms with Crippen molar-refractivity contribution in [1.82, 2.24) is 4.90 Å². The zero-order valence-corrected chi connectivity index (χ0v) is 19.0. The molecule has 1 heterocycles. The third kappa shape index (κ3) is 5.34. The van der Waals surface area contributed by atoms with Crippen molar-refractivity contribution in [3.63, 3.8) is 0 Å². The van der Waals surface area contributed by atoms with E-state index in [0.29, 0.717) is 23.6 Å². The van der Waals surface area contributed by atoms with Gasteiger partial charge in [0.1, 0.15) is 5.82 Å². The van der Waals surface area contributed by atoms with Gasteiger partial charge in [-0.3, -0.25) is 9.69 Å². The third-order valence-electron chi connectivity index (χ3n) is 6.10. The molecule has 1 fully saturated rings. The van der Waals surface area contributed by atoms with Gasteiger partial charge in [-0.15, -0.1) is 0 Å². The van der Waals surface area contributed by atoms with Crippen molar-refractivity contribution in [1.29, 1.82) is 0 Å². The first-order chi connectivity index (χ1) is 16.1. The first-order valence-electron chi connectivity index (χ1n) is 11.2. The minimum Gasteiger partial charge on any atom is -0.493 e. The summed E-state index contributed by atoms with van der Waals surface area (Å²) in [4.78, 5) is 17.8. The van der Waals surface area contributed by atoms with Crippen LogP contribution in [0.25, 0.3) is 0 Å². The summed E-state index contributed by atoms with van der Waals surface area (Å²) in [5.74, 6) is 0.963. The van der Waals surface area contributed by atoms with Crippen molar-refractivity contribution in [2.45, 2.75) is 25.4 Å². The topological polar surface area (TPSA) is 42.0 Å². The summed E-state index contributed by atoms with van der Waals surface area (Å²) in [6, 6.07) is 21.7. The molecular weight excluding hydrogens is 419 g/mol. The minimum atomic E-state index is -0.213. The fraction of sp³-hybridized carbons (Fsp3) is 0.296. The molecule has 0 unspecified atom stereocenters. The molecule has 0 aromatic heterocycles. The summed E-state index contributed by atoms with van der Waals surface area (Å²) in [6.45, 7) is 2.35. The molecule has 6 heteroatoms. The summed E-state index contributed by atoms with van der Waals surface area (Å²) in [7, 11) is 3.19. The van der Waals surface area contributed by atoms with Crippen molar-refractivity contribution in [3.05, 3.63) is 89.7 Å². The third-order valence-corrected chi connectivity index (χ3v) is 6.10. The second-order valence-electron chi connectivity index (χ2n) is 8.22. The minimum absolute atomic E-state index is 0.0357. The van der Waals surface area contributed by atoms with Crippen LogP contribution in [0.15, 0.2) is 72.8 Å². The number of likely N-dealkylation sites (tertiary alicyclic amines) is 1. The maximum atomic E-state index is 13.6. The standard InChI is InChI=1S/C27H29FN2O3/c1-32-25-12-11-24(18-26(25)33-2)30(27(31)21-8-4-3-5-9-21)23-13-15-29(16-14-23)19-20-7-6-10-22(28)17-20/h3-12,17-18,23H,13-16,19H2,1-2H3. The van der Waals surface area contributed by atoms with Gasteiger partial charge < -0.3 is 14.4 Å². The van der Waals surface area contributed by atoms with Crippen LogP contribution in [0.2, 0.25) is 0 Å². The van der Waals surface area contributed by atoms with Crippen LogP contribution in [0.1, 0.15) is 28.8 Å². The van der Waals surface area contributed by atoms with Crippen molar-refractivity contribution < 1.29 is 18.7 Å². The maximum absolute atomic E-state index is 13.6. The highest BCUT2D eigenvalue weighted by atomic mass is 19.1. The average Bonchev–Trinajstić information content (AvgIpc) is 2.85. The van der Waals surface area contributed by atoms with Gasteiger partial charge in [-0.2, -0.15) is 0 Å². The Hall–Kier alpha value is -3.38. The lowest BCUT2D eigenvalue weighted by molar-refractivity contribution is 0.0958. The van der Waals surface area contributed by atoms with Gasteiger partial charge in [0.25, 0.3) is 5.91 Å². The molecule has 1 amide bonds. The van der Waals surface area contributed by atoms with E-state index in [1.165, 1.54) is 6.07 Å². The second-order valence-corrected chi connectivity index (χ2v) is 8.22. The predicted octanol–water partition coefficient (Wildman–Crippen LogP) is 5.15. The molecule has 1 aliphatic heterocycles. The molecule has 0 saturated carbocycles. The molecule has 0 spiro atoms. The van der Waals surface area contributed by atoms with Crippen LogP contribution in [0.3, 0.4) is 0 Å². The zero-order valence-electron chi connectivity index (χ0n) is 19.0. The smallest absolute Gasteiger partial charge is 0.258 e. The number of amides is 1. The highest BCUT2D eigenvalue weighted by molar-refractivity contribution is 6.06. The first-order valence-corrected chi connectivity index (χ1v) is 11.2. The Bertz CT molecular complexity index is 1080. The van der Waals surface area contributed by atoms with Crippen LogP contribution >= 0.6 is 0 Å². The lowest BCUT2D eigenvalue weighted by atomic mass is 10.00. The highest BCUT2D eigenvalue weighted by Crippen LogP contribution is 2.34. The Morgan fingerprint density at radius 3 is 2.33 bits per heavy atom. The molecule has 0 bridgehead atoms. The number of methoxy groups -OCH3 is 2. The van der Waals surface area contributed by atoms with E-state index in [1.54, 1.807) is 26.4 Å². The molecule has 0 radical (unpaired) electrons. The molecule has 0 atom stereocenters. The Morgan fingerprint density at radius 2 is 1.67 bits per heavy atom. The van der Waals surface area contributed by atoms with Crippen molar-refractivity contribution in [3.8, 4) is 11.5 Å². The van der Waals surface area contributed by atoms with Gasteiger partial charge >= 0.3 is 0 Å². The summed E-state index contributed by atoms with van der Waals surface area (Å²) in [5, 5.41) is 0. The summed E-state index contributed by atoms with van der Waals surface area (Å²) in [6.07, 6.45) is 1.64. The number of anilines is 1. The van der Waals surface area contributed by atoms with Gasteiger partial charge in [0.05, 0.1) is 14.2 Å². The largest absolute Gasteiger partial charge is 0.493 e. The number of carbonyl (C=O) groups is 1. The Morgan fingerprint density at radius 1 is 0.939 bits per heavy atom. The van der Waals surface area contributed by atoms with E-state index >= 15 is 0 Å². The Kier molecular flexibility index (Phi) is 7.25. The van der Waals surface area contributed by atoms with Crippen molar-refractivity contribution in [2.75, 3.05) is 32.2 Å². The number of ether oxygens (including phenoxy) is 2. The van der Waals surface area contributed by atoms with Gasteiger partial charge in [0, 0.05) is 43.0 Å². The fourth-order valence-electron chi connectivity index (χ4n) is 4.42. The molecule has 0 aliphatic carbocycles. The van der Waals surface area contributed by atoms with Crippen molar-refractivity contribution >= 4 is 11.6 Å². The van der Waals surface area contributed by atoms with Crippen LogP contribution in [0.5, 0.6) is 11.5 Å². The number of carbonyl (C=O) groups excluding carboxylic acids is 1. The Balaban J connectivity index is 1.56. The van der Waals surface area contributed by atoms with Gasteiger partial charge in [0.2, 0.25) is 0 Å². The van der Waals surface area contributed by atoms with Crippen LogP contribution < -0.4 is 14.4 Å². The number of hydrogen-bond donors (Lipinski definition) is 0. The SMILES string of the molecule is COc1ccc(N(C(=O)c2ccccc2)C2CCN(Cc3cccc(F)c3)CC2)cc1OC. The number of halogens is 1. The van der Waals surface area contributed by atoms with Crippen LogP contribution in [-0.2, 0) is 6.54 Å². The van der Waals surface area contributed by atoms with Crippen molar-refractivity contribution in [2.24, 2.45) is 0 Å². The monoisotopic (exact) mass is 448 g/mol. The van der Waals surface area contributed by atoms with E-state index in [4.69, 9.17) is 9.47 Å². The van der Waals surface area contributed by atoms with Gasteiger partial charge in [0.15, 0.2) is 11.5 Å². The first kappa shape index (κ1) is 22.8. The van der Waals surface area contributed by atoms with E-state index in [-0.39, 0.29) is 17.8 Å². The van der Waals surface area contributed by atoms with E-state index in [0.717, 1.165) is 37.2 Å². The van der Waals surface area contributed by atoms with Gasteiger partial charge in [-0.1, -0.05) is 30.3 Å². The number of rotatable bonds is 7. The summed E-state index contributed by atoms with van der Waals surface area (Å²) in [5.41, 5.74) is 2.39. The highest BCUT2D eigenvalue weighted by Gasteiger charge is 2.30. The lowest BCUT2D eigenvalue weighted by Gasteiger charge is -2.39. The molecule has 3 aromatic carbocycles. The van der Waals surface area contributed by atoms with E-state index in [2.05, 4.69) is 4.90 Å². The molecule has 3 aromatic rings. The molecule has 5 nitrogen and oxygen atoms in total. The maximum Gasteiger partial charge on any atom is 0.258 e. The normalized spacial score (nSPS) is 14.6. The number of hydrogen-bond acceptors (Lipinski definition) is 4. The van der Waals surface area contributed by atoms with E-state index < -0.39 is 0 Å². The van der Waals surface area contributed by atoms with Crippen LogP contribution in [0, 0.1) is 5.82 Å². The Labute approximate surface area is 194 Å². The second kappa shape index (κ2) is 10.5. The zero-order chi connectivity index (χ0) is 23.2. The van der Waals surface area contributed by atoms with Crippen LogP contribution in [0.4, 0.5) is 10.1 Å². The fourth-order valence-corrected chi connectivity index (χ4v) is 4.42. The summed E-state index contributed by atoms with van der Waals surface area (Å²) < 4.78 is 24.4. The summed E-state index contributed by atoms with van der Waals surface area (Å²) >= 11 is 0. The van der Waals surface area contributed by atoms with E-state index in [9.17, 15) is 9.18 Å². The number of benzene rings is 3. The van der Waals surface area contributed by atoms with Gasteiger partial charge in [-0.05, 0) is 54.8 Å². The predicted molar refractivity (Wildman–Crippen MR) is 127 cm³/mol. The molecule has 172 valence electrons. The number of piperidine rings is 1. The number of nitrogens with zero attached hydrogens (tertiary/aromatic N) is 2. The molecule has 33 heavy (non-hydrogen) atoms. The molecule has 1 saturated heterocycles. The van der Waals surface area contributed by atoms with Gasteiger partial charge in [-0.25, -0.2) is 4.39 Å². The lowest BCUT2D eigenvalue weighted by Crippen LogP contribution is -2.47. The quantitative estimate of drug-likeness (QED) is 0.501. The average molecular weight is 449 g/mol. The molecule has 0 N–H and O–H groups in total. The van der Waals surface area contributed by atoms with E-state index in [1.807, 2.05) is 59.5 Å².